The molecule has 2 N–H and O–H groups in total. The molecule has 1 aromatic heterocycles. The average molecular weight is 437 g/mol. The molecule has 0 aliphatic carbocycles. The van der Waals surface area contributed by atoms with Crippen LogP contribution in [0.1, 0.15) is 24.1 Å². The number of carbonyl (C=O) groups is 1. The highest BCUT2D eigenvalue weighted by atomic mass is 35.5. The van der Waals surface area contributed by atoms with Gasteiger partial charge in [-0.05, 0) is 24.5 Å². The summed E-state index contributed by atoms with van der Waals surface area (Å²) in [5.41, 5.74) is 5.38. The Morgan fingerprint density at radius 2 is 1.94 bits per heavy atom. The molecule has 7 heteroatoms. The molecule has 1 atom stereocenters. The summed E-state index contributed by atoms with van der Waals surface area (Å²) in [6.45, 7) is 3.25. The molecular weight excluding hydrogens is 412 g/mol. The van der Waals surface area contributed by atoms with E-state index in [2.05, 4.69) is 39.7 Å². The van der Waals surface area contributed by atoms with Crippen molar-refractivity contribution in [3.63, 3.8) is 0 Å². The van der Waals surface area contributed by atoms with Crippen LogP contribution < -0.4 is 15.4 Å². The number of methoxy groups -OCH3 is 1. The second-order valence-electron chi connectivity index (χ2n) is 7.63. The van der Waals surface area contributed by atoms with Crippen LogP contribution in [-0.4, -0.2) is 35.6 Å². The van der Waals surface area contributed by atoms with E-state index >= 15 is 0 Å². The molecule has 2 heterocycles. The molecule has 1 aliphatic heterocycles. The van der Waals surface area contributed by atoms with E-state index in [-0.39, 0.29) is 11.9 Å². The maximum absolute atomic E-state index is 11.3. The predicted molar refractivity (Wildman–Crippen MR) is 122 cm³/mol. The fraction of sp³-hybridized carbons (Fsp3) is 0.292. The van der Waals surface area contributed by atoms with E-state index in [1.54, 1.807) is 13.3 Å². The number of benzene rings is 2. The molecule has 1 fully saturated rings. The molecule has 6 nitrogen and oxygen atoms in total. The number of carbonyl (C=O) groups excluding carboxylic acids is 1. The Balaban J connectivity index is 1.56. The number of nitrogens with one attached hydrogen (secondary N) is 2. The van der Waals surface area contributed by atoms with Gasteiger partial charge in [0.15, 0.2) is 0 Å². The van der Waals surface area contributed by atoms with Crippen LogP contribution in [0.4, 0.5) is 0 Å². The van der Waals surface area contributed by atoms with E-state index in [0.717, 1.165) is 28.7 Å². The monoisotopic (exact) mass is 436 g/mol. The number of nitrogens with zero attached hydrogens (tertiary/aromatic N) is 2. The average Bonchev–Trinajstić information content (AvgIpc) is 3.20. The van der Waals surface area contributed by atoms with Crippen LogP contribution in [0.2, 0.25) is 5.02 Å². The highest BCUT2D eigenvalue weighted by molar-refractivity contribution is 6.36. The number of aryl methyl sites for hydroxylation is 1. The lowest BCUT2D eigenvalue weighted by molar-refractivity contribution is -0.119. The largest absolute Gasteiger partial charge is 0.480 e. The van der Waals surface area contributed by atoms with Gasteiger partial charge >= 0.3 is 0 Å². The third kappa shape index (κ3) is 4.70. The summed E-state index contributed by atoms with van der Waals surface area (Å²) in [6, 6.07) is 14.2. The van der Waals surface area contributed by atoms with Gasteiger partial charge in [0, 0.05) is 36.7 Å². The van der Waals surface area contributed by atoms with Gasteiger partial charge in [-0.15, -0.1) is 0 Å². The smallest absolute Gasteiger partial charge is 0.237 e. The molecule has 4 rings (SSSR count). The van der Waals surface area contributed by atoms with Crippen LogP contribution in [-0.2, 0) is 11.3 Å². The summed E-state index contributed by atoms with van der Waals surface area (Å²) in [4.78, 5) is 20.6. The lowest BCUT2D eigenvalue weighted by Gasteiger charge is -2.14. The summed E-state index contributed by atoms with van der Waals surface area (Å²) in [6.07, 6.45) is 3.16. The molecule has 0 saturated carbocycles. The minimum atomic E-state index is 0.110. The number of aromatic nitrogens is 2. The van der Waals surface area contributed by atoms with Crippen molar-refractivity contribution in [2.45, 2.75) is 32.4 Å². The fourth-order valence-electron chi connectivity index (χ4n) is 3.82. The van der Waals surface area contributed by atoms with Gasteiger partial charge in [-0.25, -0.2) is 4.98 Å². The van der Waals surface area contributed by atoms with E-state index in [1.165, 1.54) is 0 Å². The van der Waals surface area contributed by atoms with Crippen LogP contribution in [0.15, 0.2) is 48.7 Å². The van der Waals surface area contributed by atoms with Crippen molar-refractivity contribution in [3.8, 4) is 28.3 Å². The van der Waals surface area contributed by atoms with Gasteiger partial charge in [0.05, 0.1) is 24.0 Å². The molecule has 1 aliphatic rings. The summed E-state index contributed by atoms with van der Waals surface area (Å²) in [5.74, 6) is 0.566. The highest BCUT2D eigenvalue weighted by Crippen LogP contribution is 2.37. The quantitative estimate of drug-likeness (QED) is 0.582. The highest BCUT2D eigenvalue weighted by Gasteiger charge is 2.20. The minimum absolute atomic E-state index is 0.110. The zero-order valence-electron chi connectivity index (χ0n) is 17.6. The van der Waals surface area contributed by atoms with Gasteiger partial charge in [0.2, 0.25) is 11.8 Å². The Morgan fingerprint density at radius 3 is 2.68 bits per heavy atom. The first kappa shape index (κ1) is 21.3. The first-order valence-electron chi connectivity index (χ1n) is 10.3. The van der Waals surface area contributed by atoms with Crippen molar-refractivity contribution in [1.82, 2.24) is 20.6 Å². The van der Waals surface area contributed by atoms with Gasteiger partial charge in [0.1, 0.15) is 5.69 Å². The van der Waals surface area contributed by atoms with Crippen LogP contribution in [0.3, 0.4) is 0 Å². The second kappa shape index (κ2) is 9.45. The van der Waals surface area contributed by atoms with Crippen LogP contribution in [0.5, 0.6) is 5.88 Å². The van der Waals surface area contributed by atoms with E-state index < -0.39 is 0 Å². The molecule has 1 saturated heterocycles. The van der Waals surface area contributed by atoms with Crippen molar-refractivity contribution in [2.24, 2.45) is 0 Å². The Hall–Kier alpha value is -2.96. The topological polar surface area (TPSA) is 76.1 Å². The normalized spacial score (nSPS) is 15.7. The molecule has 1 amide bonds. The van der Waals surface area contributed by atoms with Crippen molar-refractivity contribution < 1.29 is 9.53 Å². The summed E-state index contributed by atoms with van der Waals surface area (Å²) in [7, 11) is 1.58. The SMILES string of the molecule is COc1nc(-c2cccc(-c3ccccc3C)c2Cl)cnc1CNCC1CCC(=O)N1. The third-order valence-electron chi connectivity index (χ3n) is 5.48. The van der Waals surface area contributed by atoms with Crippen LogP contribution >= 0.6 is 11.6 Å². The molecule has 1 unspecified atom stereocenters. The van der Waals surface area contributed by atoms with Crippen molar-refractivity contribution in [3.05, 3.63) is 64.9 Å². The van der Waals surface area contributed by atoms with E-state index in [9.17, 15) is 4.79 Å². The van der Waals surface area contributed by atoms with E-state index in [0.29, 0.717) is 41.8 Å². The van der Waals surface area contributed by atoms with Crippen molar-refractivity contribution in [1.29, 1.82) is 0 Å². The Kier molecular flexibility index (Phi) is 6.49. The molecule has 160 valence electrons. The Bertz CT molecular complexity index is 1100. The second-order valence-corrected chi connectivity index (χ2v) is 8.01. The zero-order chi connectivity index (χ0) is 21.8. The minimum Gasteiger partial charge on any atom is -0.480 e. The van der Waals surface area contributed by atoms with Gasteiger partial charge < -0.3 is 15.4 Å². The van der Waals surface area contributed by atoms with Gasteiger partial charge in [-0.3, -0.25) is 9.78 Å². The summed E-state index contributed by atoms with van der Waals surface area (Å²) in [5, 5.41) is 6.90. The van der Waals surface area contributed by atoms with Gasteiger partial charge in [-0.2, -0.15) is 0 Å². The lowest BCUT2D eigenvalue weighted by atomic mass is 9.98. The van der Waals surface area contributed by atoms with Crippen molar-refractivity contribution >= 4 is 17.5 Å². The molecule has 0 bridgehead atoms. The molecule has 0 spiro atoms. The summed E-state index contributed by atoms with van der Waals surface area (Å²) >= 11 is 6.80. The van der Waals surface area contributed by atoms with E-state index in [4.69, 9.17) is 16.3 Å². The number of hydrogen-bond donors (Lipinski definition) is 2. The molecular formula is C24H25ClN4O2. The maximum Gasteiger partial charge on any atom is 0.237 e. The first-order chi connectivity index (χ1) is 15.1. The maximum atomic E-state index is 11.3. The first-order valence-corrected chi connectivity index (χ1v) is 10.7. The number of hydrogen-bond acceptors (Lipinski definition) is 5. The molecule has 3 aromatic rings. The van der Waals surface area contributed by atoms with Crippen LogP contribution in [0, 0.1) is 6.92 Å². The Labute approximate surface area is 187 Å². The standard InChI is InChI=1S/C24H25ClN4O2/c1-15-6-3-4-7-17(15)18-8-5-9-19(23(18)25)20-14-27-21(24(29-20)31-2)13-26-12-16-10-11-22(30)28-16/h3-9,14,16,26H,10-13H2,1-2H3,(H,28,30). The van der Waals surface area contributed by atoms with Crippen molar-refractivity contribution in [2.75, 3.05) is 13.7 Å². The fourth-order valence-corrected chi connectivity index (χ4v) is 4.14. The van der Waals surface area contributed by atoms with E-state index in [1.807, 2.05) is 30.3 Å². The summed E-state index contributed by atoms with van der Waals surface area (Å²) < 4.78 is 5.49. The third-order valence-corrected chi connectivity index (χ3v) is 5.89. The molecule has 31 heavy (non-hydrogen) atoms. The lowest BCUT2D eigenvalue weighted by Crippen LogP contribution is -2.35. The Morgan fingerprint density at radius 1 is 1.16 bits per heavy atom. The zero-order valence-corrected chi connectivity index (χ0v) is 18.4. The predicted octanol–water partition coefficient (Wildman–Crippen LogP) is 4.15. The van der Waals surface area contributed by atoms with Gasteiger partial charge in [0.25, 0.3) is 0 Å². The number of rotatable bonds is 7. The number of amides is 1. The molecule has 2 aromatic carbocycles. The van der Waals surface area contributed by atoms with Crippen LogP contribution in [0.25, 0.3) is 22.4 Å². The number of halogens is 1. The van der Waals surface area contributed by atoms with Gasteiger partial charge in [-0.1, -0.05) is 54.1 Å². The number of ether oxygens (including phenoxy) is 1. The molecule has 0 radical (unpaired) electrons.